The molecule has 2 unspecified atom stereocenters. The normalized spacial score (nSPS) is 24.9. The van der Waals surface area contributed by atoms with E-state index in [1.807, 2.05) is 6.07 Å². The summed E-state index contributed by atoms with van der Waals surface area (Å²) in [6.07, 6.45) is 11.0. The molecule has 4 rings (SSSR count). The highest BCUT2D eigenvalue weighted by molar-refractivity contribution is 7.18. The van der Waals surface area contributed by atoms with Crippen molar-refractivity contribution in [1.29, 1.82) is 0 Å². The Morgan fingerprint density at radius 3 is 2.58 bits per heavy atom. The highest BCUT2D eigenvalue weighted by Gasteiger charge is 2.34. The molecule has 2 heterocycles. The molecule has 1 fully saturated rings. The van der Waals surface area contributed by atoms with Crippen molar-refractivity contribution >= 4 is 27.5 Å². The molecule has 1 amide bonds. The molecular formula is C20H24N2OS. The molecule has 2 aliphatic rings. The monoisotopic (exact) mass is 340 g/mol. The maximum atomic E-state index is 13.2. The van der Waals surface area contributed by atoms with Gasteiger partial charge in [0.1, 0.15) is 0 Å². The molecule has 0 bridgehead atoms. The van der Waals surface area contributed by atoms with Crippen molar-refractivity contribution < 1.29 is 4.79 Å². The zero-order valence-corrected chi connectivity index (χ0v) is 14.8. The minimum absolute atomic E-state index is 0.0636. The zero-order chi connectivity index (χ0) is 16.4. The predicted molar refractivity (Wildman–Crippen MR) is 99.3 cm³/mol. The first-order valence-electron chi connectivity index (χ1n) is 9.12. The fraction of sp³-hybridized carbons (Fsp3) is 0.500. The summed E-state index contributed by atoms with van der Waals surface area (Å²) in [5.41, 5.74) is 1.06. The van der Waals surface area contributed by atoms with Crippen molar-refractivity contribution in [3.8, 4) is 0 Å². The van der Waals surface area contributed by atoms with Crippen LogP contribution < -0.4 is 0 Å². The van der Waals surface area contributed by atoms with Crippen LogP contribution in [0.5, 0.6) is 0 Å². The van der Waals surface area contributed by atoms with Gasteiger partial charge in [0.25, 0.3) is 0 Å². The summed E-state index contributed by atoms with van der Waals surface area (Å²) < 4.78 is 1.23. The molecule has 2 atom stereocenters. The number of hydrogen-bond donors (Lipinski definition) is 0. The summed E-state index contributed by atoms with van der Waals surface area (Å²) in [6, 6.07) is 8.29. The molecule has 0 N–H and O–H groups in total. The summed E-state index contributed by atoms with van der Waals surface area (Å²) >= 11 is 1.76. The van der Waals surface area contributed by atoms with Gasteiger partial charge in [-0.25, -0.2) is 4.98 Å². The van der Waals surface area contributed by atoms with Gasteiger partial charge < -0.3 is 4.90 Å². The quantitative estimate of drug-likeness (QED) is 0.739. The van der Waals surface area contributed by atoms with Crippen LogP contribution in [0.2, 0.25) is 0 Å². The second-order valence-electron chi connectivity index (χ2n) is 6.92. The minimum Gasteiger partial charge on any atom is -0.342 e. The Morgan fingerprint density at radius 2 is 1.79 bits per heavy atom. The van der Waals surface area contributed by atoms with Gasteiger partial charge >= 0.3 is 0 Å². The van der Waals surface area contributed by atoms with Crippen LogP contribution in [0, 0.1) is 5.92 Å². The Balaban J connectivity index is 1.60. The maximum absolute atomic E-state index is 13.2. The molecule has 1 saturated heterocycles. The number of fused-ring (bicyclic) bond motifs is 1. The van der Waals surface area contributed by atoms with Crippen molar-refractivity contribution in [2.75, 3.05) is 13.1 Å². The fourth-order valence-corrected chi connectivity index (χ4v) is 5.08. The number of para-hydroxylation sites is 1. The summed E-state index contributed by atoms with van der Waals surface area (Å²) in [6.45, 7) is 1.87. The second-order valence-corrected chi connectivity index (χ2v) is 7.98. The Morgan fingerprint density at radius 1 is 1.04 bits per heavy atom. The Labute approximate surface area is 147 Å². The molecular weight excluding hydrogens is 316 g/mol. The Bertz CT molecular complexity index is 710. The van der Waals surface area contributed by atoms with Gasteiger partial charge in [-0.15, -0.1) is 11.3 Å². The van der Waals surface area contributed by atoms with Crippen LogP contribution in [0.3, 0.4) is 0 Å². The zero-order valence-electron chi connectivity index (χ0n) is 14.0. The van der Waals surface area contributed by atoms with E-state index in [9.17, 15) is 4.79 Å². The number of allylic oxidation sites excluding steroid dienone is 2. The fourth-order valence-electron chi connectivity index (χ4n) is 3.93. The lowest BCUT2D eigenvalue weighted by Gasteiger charge is -2.31. The molecule has 0 radical (unpaired) electrons. The van der Waals surface area contributed by atoms with E-state index in [2.05, 4.69) is 35.3 Å². The van der Waals surface area contributed by atoms with Gasteiger partial charge in [0, 0.05) is 19.0 Å². The third kappa shape index (κ3) is 3.12. The summed E-state index contributed by atoms with van der Waals surface area (Å²) in [5, 5.41) is 1.13. The van der Waals surface area contributed by atoms with Gasteiger partial charge in [-0.1, -0.05) is 37.1 Å². The van der Waals surface area contributed by atoms with Crippen molar-refractivity contribution in [2.24, 2.45) is 5.92 Å². The SMILES string of the molecule is O=C(C1CC=CCC1c1nc2ccccc2s1)N1CCCCCC1. The van der Waals surface area contributed by atoms with Gasteiger partial charge in [-0.2, -0.15) is 0 Å². The third-order valence-electron chi connectivity index (χ3n) is 5.29. The van der Waals surface area contributed by atoms with Gasteiger partial charge in [-0.3, -0.25) is 4.79 Å². The number of carbonyl (C=O) groups is 1. The maximum Gasteiger partial charge on any atom is 0.226 e. The van der Waals surface area contributed by atoms with Gasteiger partial charge in [0.15, 0.2) is 0 Å². The Kier molecular flexibility index (Phi) is 4.65. The van der Waals surface area contributed by atoms with Crippen molar-refractivity contribution in [2.45, 2.75) is 44.4 Å². The summed E-state index contributed by atoms with van der Waals surface area (Å²) in [5.74, 6) is 0.655. The number of amides is 1. The van der Waals surface area contributed by atoms with Crippen LogP contribution in [0.1, 0.15) is 49.5 Å². The van der Waals surface area contributed by atoms with Crippen LogP contribution in [-0.2, 0) is 4.79 Å². The summed E-state index contributed by atoms with van der Waals surface area (Å²) in [4.78, 5) is 20.1. The van der Waals surface area contributed by atoms with E-state index in [-0.39, 0.29) is 11.8 Å². The highest BCUT2D eigenvalue weighted by atomic mass is 32.1. The lowest BCUT2D eigenvalue weighted by atomic mass is 9.82. The average Bonchev–Trinajstić information content (AvgIpc) is 2.87. The topological polar surface area (TPSA) is 33.2 Å². The van der Waals surface area contributed by atoms with Gasteiger partial charge in [-0.05, 0) is 37.8 Å². The first kappa shape index (κ1) is 15.8. The van der Waals surface area contributed by atoms with E-state index in [1.54, 1.807) is 11.3 Å². The molecule has 1 aliphatic carbocycles. The van der Waals surface area contributed by atoms with Crippen molar-refractivity contribution in [3.63, 3.8) is 0 Å². The van der Waals surface area contributed by atoms with Crippen LogP contribution >= 0.6 is 11.3 Å². The van der Waals surface area contributed by atoms with Crippen molar-refractivity contribution in [3.05, 3.63) is 41.4 Å². The molecule has 2 aromatic rings. The molecule has 24 heavy (non-hydrogen) atoms. The van der Waals surface area contributed by atoms with Crippen LogP contribution in [-0.4, -0.2) is 28.9 Å². The van der Waals surface area contributed by atoms with E-state index in [0.29, 0.717) is 5.91 Å². The molecule has 3 nitrogen and oxygen atoms in total. The molecule has 4 heteroatoms. The van der Waals surface area contributed by atoms with Crippen molar-refractivity contribution in [1.82, 2.24) is 9.88 Å². The number of nitrogens with zero attached hydrogens (tertiary/aromatic N) is 2. The van der Waals surface area contributed by atoms with Crippen LogP contribution in [0.25, 0.3) is 10.2 Å². The number of benzene rings is 1. The molecule has 1 aromatic carbocycles. The number of likely N-dealkylation sites (tertiary alicyclic amines) is 1. The second kappa shape index (κ2) is 7.06. The highest BCUT2D eigenvalue weighted by Crippen LogP contribution is 2.39. The number of aromatic nitrogens is 1. The standard InChI is InChI=1S/C20H24N2OS/c23-20(22-13-7-1-2-8-14-22)16-10-4-3-9-15(16)19-21-17-11-5-6-12-18(17)24-19/h3-6,11-12,15-16H,1-2,7-10,13-14H2. The first-order valence-corrected chi connectivity index (χ1v) is 9.94. The van der Waals surface area contributed by atoms with E-state index in [1.165, 1.54) is 17.5 Å². The largest absolute Gasteiger partial charge is 0.342 e. The van der Waals surface area contributed by atoms with Gasteiger partial charge in [0.05, 0.1) is 21.1 Å². The smallest absolute Gasteiger partial charge is 0.226 e. The molecule has 1 aromatic heterocycles. The average molecular weight is 340 g/mol. The number of rotatable bonds is 2. The third-order valence-corrected chi connectivity index (χ3v) is 6.46. The van der Waals surface area contributed by atoms with Gasteiger partial charge in [0.2, 0.25) is 5.91 Å². The van der Waals surface area contributed by atoms with E-state index in [4.69, 9.17) is 4.98 Å². The minimum atomic E-state index is 0.0636. The lowest BCUT2D eigenvalue weighted by Crippen LogP contribution is -2.39. The Hall–Kier alpha value is -1.68. The predicted octanol–water partition coefficient (Wildman–Crippen LogP) is 4.75. The van der Waals surface area contributed by atoms with Crippen LogP contribution in [0.15, 0.2) is 36.4 Å². The van der Waals surface area contributed by atoms with E-state index >= 15 is 0 Å². The molecule has 1 aliphatic heterocycles. The number of carbonyl (C=O) groups excluding carboxylic acids is 1. The summed E-state index contributed by atoms with van der Waals surface area (Å²) in [7, 11) is 0. The first-order chi connectivity index (χ1) is 11.8. The van der Waals surface area contributed by atoms with Crippen LogP contribution in [0.4, 0.5) is 0 Å². The van der Waals surface area contributed by atoms with E-state index in [0.717, 1.165) is 49.3 Å². The van der Waals surface area contributed by atoms with E-state index < -0.39 is 0 Å². The molecule has 126 valence electrons. The molecule has 0 saturated carbocycles. The number of thiazole rings is 1. The number of hydrogen-bond acceptors (Lipinski definition) is 3. The molecule has 0 spiro atoms. The lowest BCUT2D eigenvalue weighted by molar-refractivity contribution is -0.136.